The van der Waals surface area contributed by atoms with Crippen molar-refractivity contribution in [2.75, 3.05) is 11.1 Å². The second-order valence-electron chi connectivity index (χ2n) is 11.9. The third-order valence-electron chi connectivity index (χ3n) is 8.45. The molecule has 1 fully saturated rings. The SMILES string of the molecule is C[C@H]1[C@@H](CSc2nc(-c3ccccc3)c(-c3ccccc3)o2)O[C@@H](c2ccc(NC(=O)CCCC(=O)O)cc2)O[C@H]1c1ccc(CO)cc1. The number of hydrogen-bond donors (Lipinski definition) is 3. The molecule has 1 aliphatic heterocycles. The summed E-state index contributed by atoms with van der Waals surface area (Å²) in [6.45, 7) is 2.07. The molecule has 1 amide bonds. The predicted molar refractivity (Wildman–Crippen MR) is 188 cm³/mol. The lowest BCUT2D eigenvalue weighted by Gasteiger charge is -2.41. The van der Waals surface area contributed by atoms with E-state index in [0.29, 0.717) is 22.4 Å². The van der Waals surface area contributed by atoms with Crippen molar-refractivity contribution in [3.63, 3.8) is 0 Å². The number of aliphatic hydroxyl groups excluding tert-OH is 1. The molecule has 5 aromatic rings. The molecule has 49 heavy (non-hydrogen) atoms. The number of carboxylic acids is 1. The number of carbonyl (C=O) groups excluding carboxylic acids is 1. The van der Waals surface area contributed by atoms with E-state index in [9.17, 15) is 14.7 Å². The molecule has 0 unspecified atom stereocenters. The van der Waals surface area contributed by atoms with Crippen molar-refractivity contribution in [2.24, 2.45) is 5.92 Å². The van der Waals surface area contributed by atoms with E-state index in [-0.39, 0.29) is 49.9 Å². The number of ether oxygens (including phenoxy) is 2. The summed E-state index contributed by atoms with van der Waals surface area (Å²) in [4.78, 5) is 28.0. The summed E-state index contributed by atoms with van der Waals surface area (Å²) < 4.78 is 19.6. The van der Waals surface area contributed by atoms with Gasteiger partial charge in [0.15, 0.2) is 12.1 Å². The molecule has 0 saturated carbocycles. The number of aliphatic carboxylic acids is 1. The number of carboxylic acid groups (broad SMARTS) is 1. The second-order valence-corrected chi connectivity index (χ2v) is 12.9. The maximum absolute atomic E-state index is 12.3. The summed E-state index contributed by atoms with van der Waals surface area (Å²) in [5, 5.41) is 21.8. The van der Waals surface area contributed by atoms with Gasteiger partial charge in [-0.05, 0) is 29.7 Å². The average molecular weight is 679 g/mol. The Bertz CT molecular complexity index is 1770. The smallest absolute Gasteiger partial charge is 0.303 e. The Morgan fingerprint density at radius 3 is 2.12 bits per heavy atom. The molecule has 0 spiro atoms. The maximum atomic E-state index is 12.3. The third kappa shape index (κ3) is 8.65. The van der Waals surface area contributed by atoms with Gasteiger partial charge in [0, 0.05) is 46.9 Å². The number of amides is 1. The van der Waals surface area contributed by atoms with Gasteiger partial charge in [-0.2, -0.15) is 0 Å². The molecular formula is C39H38N2O7S. The number of aliphatic hydroxyl groups is 1. The Labute approximate surface area is 289 Å². The van der Waals surface area contributed by atoms with Crippen molar-refractivity contribution < 1.29 is 33.7 Å². The van der Waals surface area contributed by atoms with Crippen LogP contribution < -0.4 is 5.32 Å². The Morgan fingerprint density at radius 1 is 0.816 bits per heavy atom. The molecule has 2 heterocycles. The summed E-state index contributed by atoms with van der Waals surface area (Å²) in [5.74, 6) is 0.0652. The van der Waals surface area contributed by atoms with E-state index in [2.05, 4.69) is 12.2 Å². The Morgan fingerprint density at radius 2 is 1.47 bits per heavy atom. The van der Waals surface area contributed by atoms with Crippen LogP contribution in [0.15, 0.2) is 119 Å². The van der Waals surface area contributed by atoms with Gasteiger partial charge in [-0.1, -0.05) is 116 Å². The molecule has 1 saturated heterocycles. The quantitative estimate of drug-likeness (QED) is 0.105. The van der Waals surface area contributed by atoms with Crippen molar-refractivity contribution in [3.05, 3.63) is 126 Å². The van der Waals surface area contributed by atoms with E-state index < -0.39 is 12.3 Å². The molecular weight excluding hydrogens is 641 g/mol. The first-order valence-electron chi connectivity index (χ1n) is 16.2. The monoisotopic (exact) mass is 678 g/mol. The fourth-order valence-corrected chi connectivity index (χ4v) is 6.74. The van der Waals surface area contributed by atoms with Crippen LogP contribution in [0, 0.1) is 5.92 Å². The molecule has 10 heteroatoms. The van der Waals surface area contributed by atoms with Crippen LogP contribution in [0.5, 0.6) is 0 Å². The number of nitrogens with zero attached hydrogens (tertiary/aromatic N) is 1. The second kappa shape index (κ2) is 16.1. The largest absolute Gasteiger partial charge is 0.481 e. The van der Waals surface area contributed by atoms with E-state index >= 15 is 0 Å². The fraction of sp³-hybridized carbons (Fsp3) is 0.256. The van der Waals surface area contributed by atoms with Crippen molar-refractivity contribution in [1.29, 1.82) is 0 Å². The van der Waals surface area contributed by atoms with Crippen LogP contribution in [0.1, 0.15) is 55.3 Å². The first-order chi connectivity index (χ1) is 23.9. The zero-order valence-electron chi connectivity index (χ0n) is 27.0. The van der Waals surface area contributed by atoms with Crippen LogP contribution in [0.4, 0.5) is 5.69 Å². The average Bonchev–Trinajstić information content (AvgIpc) is 3.57. The minimum atomic E-state index is -0.924. The molecule has 252 valence electrons. The van der Waals surface area contributed by atoms with Gasteiger partial charge in [-0.3, -0.25) is 9.59 Å². The van der Waals surface area contributed by atoms with Crippen LogP contribution in [0.2, 0.25) is 0 Å². The maximum Gasteiger partial charge on any atom is 0.303 e. The summed E-state index contributed by atoms with van der Waals surface area (Å²) in [6.07, 6.45) is -0.879. The fourth-order valence-electron chi connectivity index (χ4n) is 5.75. The molecule has 4 atom stereocenters. The van der Waals surface area contributed by atoms with Gasteiger partial charge in [-0.25, -0.2) is 4.98 Å². The molecule has 9 nitrogen and oxygen atoms in total. The van der Waals surface area contributed by atoms with Gasteiger partial charge in [0.1, 0.15) is 5.69 Å². The van der Waals surface area contributed by atoms with Crippen LogP contribution >= 0.6 is 11.8 Å². The lowest BCUT2D eigenvalue weighted by Crippen LogP contribution is -2.38. The number of benzene rings is 4. The van der Waals surface area contributed by atoms with Gasteiger partial charge in [0.2, 0.25) is 5.91 Å². The van der Waals surface area contributed by atoms with Crippen molar-refractivity contribution >= 4 is 29.3 Å². The lowest BCUT2D eigenvalue weighted by molar-refractivity contribution is -0.268. The number of oxazole rings is 1. The van der Waals surface area contributed by atoms with Crippen molar-refractivity contribution in [3.8, 4) is 22.6 Å². The van der Waals surface area contributed by atoms with Gasteiger partial charge in [0.25, 0.3) is 5.22 Å². The summed E-state index contributed by atoms with van der Waals surface area (Å²) in [5.41, 5.74) is 5.89. The summed E-state index contributed by atoms with van der Waals surface area (Å²) in [7, 11) is 0. The number of aromatic nitrogens is 1. The molecule has 0 aliphatic carbocycles. The molecule has 4 aromatic carbocycles. The van der Waals surface area contributed by atoms with Crippen LogP contribution in [0.3, 0.4) is 0 Å². The highest BCUT2D eigenvalue weighted by Gasteiger charge is 2.38. The van der Waals surface area contributed by atoms with Gasteiger partial charge in [-0.15, -0.1) is 0 Å². The van der Waals surface area contributed by atoms with Gasteiger partial charge >= 0.3 is 5.97 Å². The molecule has 3 N–H and O–H groups in total. The van der Waals surface area contributed by atoms with Gasteiger partial charge < -0.3 is 29.4 Å². The number of hydrogen-bond acceptors (Lipinski definition) is 8. The zero-order chi connectivity index (χ0) is 34.2. The predicted octanol–water partition coefficient (Wildman–Crippen LogP) is 8.28. The number of rotatable bonds is 13. The highest BCUT2D eigenvalue weighted by atomic mass is 32.2. The summed E-state index contributed by atoms with van der Waals surface area (Å²) in [6, 6.07) is 35.0. The standard InChI is InChI=1S/C39H38N2O7S/c1-25-32(24-49-39-41-35(27-9-4-2-5-10-27)37(48-39)28-11-6-3-7-12-28)46-38(47-36(25)29-17-15-26(23-42)16-18-29)30-19-21-31(22-20-30)40-33(43)13-8-14-34(44)45/h2-7,9-12,15-22,25,32,36,38,42H,8,13-14,23-24H2,1H3,(H,40,43)(H,44,45)/t25-,32+,36+,38+/m0/s1. The first-order valence-corrected chi connectivity index (χ1v) is 17.2. The minimum absolute atomic E-state index is 0.0368. The molecule has 6 rings (SSSR count). The number of carbonyl (C=O) groups is 2. The number of nitrogens with one attached hydrogen (secondary N) is 1. The highest BCUT2D eigenvalue weighted by molar-refractivity contribution is 7.99. The Hall–Kier alpha value is -4.74. The van der Waals surface area contributed by atoms with Gasteiger partial charge in [0.05, 0.1) is 18.8 Å². The molecule has 0 bridgehead atoms. The molecule has 1 aromatic heterocycles. The first kappa shape index (κ1) is 34.1. The van der Waals surface area contributed by atoms with Crippen molar-refractivity contribution in [1.82, 2.24) is 4.98 Å². The van der Waals surface area contributed by atoms with E-state index in [1.165, 1.54) is 11.8 Å². The van der Waals surface area contributed by atoms with E-state index in [1.807, 2.05) is 97.1 Å². The highest BCUT2D eigenvalue weighted by Crippen LogP contribution is 2.44. The Kier molecular flexibility index (Phi) is 11.2. The Balaban J connectivity index is 1.22. The third-order valence-corrected chi connectivity index (χ3v) is 9.36. The number of anilines is 1. The van der Waals surface area contributed by atoms with Crippen LogP contribution in [-0.4, -0.2) is 38.9 Å². The zero-order valence-corrected chi connectivity index (χ0v) is 27.8. The summed E-state index contributed by atoms with van der Waals surface area (Å²) >= 11 is 1.50. The lowest BCUT2D eigenvalue weighted by atomic mass is 9.91. The van der Waals surface area contributed by atoms with Crippen LogP contribution in [0.25, 0.3) is 22.6 Å². The minimum Gasteiger partial charge on any atom is -0.481 e. The van der Waals surface area contributed by atoms with E-state index in [1.54, 1.807) is 12.1 Å². The molecule has 1 aliphatic rings. The molecule has 0 radical (unpaired) electrons. The topological polar surface area (TPSA) is 131 Å². The van der Waals surface area contributed by atoms with E-state index in [0.717, 1.165) is 33.5 Å². The number of thioether (sulfide) groups is 1. The van der Waals surface area contributed by atoms with Crippen LogP contribution in [-0.2, 0) is 25.7 Å². The normalized spacial score (nSPS) is 19.0. The van der Waals surface area contributed by atoms with Crippen molar-refractivity contribution in [2.45, 2.75) is 56.5 Å². The van der Waals surface area contributed by atoms with E-state index in [4.69, 9.17) is 24.0 Å².